The molecule has 0 bridgehead atoms. The molecule has 0 aliphatic rings. The van der Waals surface area contributed by atoms with Crippen molar-refractivity contribution in [3.63, 3.8) is 0 Å². The standard InChI is InChI=1S/C20H27N3O5S.ClH/c1-15(2)13-22(14-20(24)19(21)12-16-6-4-3-5-7-16)29(27,28)18-10-8-17(9-11-18)23(25)26;/h3-11,15,19-20,24H,12-14,21H2,1-2H3;1H/t19-,20?;/m0./s1. The molecule has 166 valence electrons. The Balaban J connectivity index is 0.00000450. The fourth-order valence-electron chi connectivity index (χ4n) is 2.93. The first-order chi connectivity index (χ1) is 13.6. The fraction of sp³-hybridized carbons (Fsp3) is 0.400. The third kappa shape index (κ3) is 7.03. The SMILES string of the molecule is CC(C)CN(CC(O)[C@@H](N)Cc1ccccc1)S(=O)(=O)c1ccc([N+](=O)[O-])cc1.Cl. The lowest BCUT2D eigenvalue weighted by molar-refractivity contribution is -0.384. The summed E-state index contributed by atoms with van der Waals surface area (Å²) in [5.41, 5.74) is 6.88. The maximum Gasteiger partial charge on any atom is 0.269 e. The molecule has 0 aromatic heterocycles. The molecule has 0 fully saturated rings. The van der Waals surface area contributed by atoms with Crippen LogP contribution < -0.4 is 5.73 Å². The molecule has 8 nitrogen and oxygen atoms in total. The third-order valence-corrected chi connectivity index (χ3v) is 6.30. The number of benzene rings is 2. The number of aliphatic hydroxyl groups excluding tert-OH is 1. The maximum atomic E-state index is 13.1. The van der Waals surface area contributed by atoms with E-state index in [4.69, 9.17) is 5.73 Å². The minimum atomic E-state index is -3.94. The number of aliphatic hydroxyl groups is 1. The largest absolute Gasteiger partial charge is 0.390 e. The van der Waals surface area contributed by atoms with Crippen LogP contribution in [0.2, 0.25) is 0 Å². The van der Waals surface area contributed by atoms with Crippen molar-refractivity contribution >= 4 is 28.1 Å². The number of nitro benzene ring substituents is 1. The van der Waals surface area contributed by atoms with Crippen LogP contribution in [0.4, 0.5) is 5.69 Å². The predicted molar refractivity (Wildman–Crippen MR) is 118 cm³/mol. The van der Waals surface area contributed by atoms with Crippen LogP contribution in [0, 0.1) is 16.0 Å². The van der Waals surface area contributed by atoms with Gasteiger partial charge in [-0.15, -0.1) is 12.4 Å². The number of hydrogen-bond acceptors (Lipinski definition) is 6. The first-order valence-corrected chi connectivity index (χ1v) is 10.8. The molecule has 2 rings (SSSR count). The second-order valence-corrected chi connectivity index (χ2v) is 9.33. The first kappa shape index (κ1) is 26.0. The van der Waals surface area contributed by atoms with Gasteiger partial charge in [-0.3, -0.25) is 10.1 Å². The van der Waals surface area contributed by atoms with Gasteiger partial charge in [0.15, 0.2) is 0 Å². The number of non-ortho nitro benzene ring substituents is 1. The van der Waals surface area contributed by atoms with Crippen molar-refractivity contribution in [1.82, 2.24) is 4.31 Å². The smallest absolute Gasteiger partial charge is 0.269 e. The highest BCUT2D eigenvalue weighted by Gasteiger charge is 2.29. The van der Waals surface area contributed by atoms with E-state index in [2.05, 4.69) is 0 Å². The highest BCUT2D eigenvalue weighted by molar-refractivity contribution is 7.89. The molecule has 3 N–H and O–H groups in total. The van der Waals surface area contributed by atoms with Gasteiger partial charge in [-0.2, -0.15) is 4.31 Å². The van der Waals surface area contributed by atoms with Crippen LogP contribution in [0.25, 0.3) is 0 Å². The van der Waals surface area contributed by atoms with E-state index < -0.39 is 27.1 Å². The van der Waals surface area contributed by atoms with Crippen molar-refractivity contribution in [2.24, 2.45) is 11.7 Å². The van der Waals surface area contributed by atoms with E-state index in [-0.39, 0.29) is 42.0 Å². The van der Waals surface area contributed by atoms with Gasteiger partial charge < -0.3 is 10.8 Å². The number of nitrogens with two attached hydrogens (primary N) is 1. The lowest BCUT2D eigenvalue weighted by atomic mass is 10.0. The lowest BCUT2D eigenvalue weighted by Crippen LogP contribution is -2.47. The molecule has 0 aliphatic heterocycles. The number of nitrogens with zero attached hydrogens (tertiary/aromatic N) is 2. The van der Waals surface area contributed by atoms with Gasteiger partial charge in [0.2, 0.25) is 10.0 Å². The van der Waals surface area contributed by atoms with E-state index in [1.807, 2.05) is 44.2 Å². The van der Waals surface area contributed by atoms with Crippen LogP contribution in [0.5, 0.6) is 0 Å². The van der Waals surface area contributed by atoms with Gasteiger partial charge in [0.1, 0.15) is 0 Å². The second-order valence-electron chi connectivity index (χ2n) is 7.39. The molecule has 1 unspecified atom stereocenters. The van der Waals surface area contributed by atoms with Crippen LogP contribution >= 0.6 is 12.4 Å². The van der Waals surface area contributed by atoms with Crippen LogP contribution in [0.15, 0.2) is 59.5 Å². The summed E-state index contributed by atoms with van der Waals surface area (Å²) < 4.78 is 27.3. The summed E-state index contributed by atoms with van der Waals surface area (Å²) >= 11 is 0. The molecule has 2 aromatic carbocycles. The summed E-state index contributed by atoms with van der Waals surface area (Å²) in [6.07, 6.45) is -0.656. The normalized spacial score (nSPS) is 13.7. The van der Waals surface area contributed by atoms with E-state index in [1.165, 1.54) is 16.4 Å². The number of halogens is 1. The van der Waals surface area contributed by atoms with Crippen molar-refractivity contribution in [3.05, 3.63) is 70.3 Å². The Bertz CT molecular complexity index is 908. The Morgan fingerprint density at radius 1 is 1.07 bits per heavy atom. The molecular weight excluding hydrogens is 430 g/mol. The summed E-state index contributed by atoms with van der Waals surface area (Å²) in [7, 11) is -3.94. The van der Waals surface area contributed by atoms with Crippen molar-refractivity contribution in [2.45, 2.75) is 37.3 Å². The van der Waals surface area contributed by atoms with Crippen molar-refractivity contribution in [2.75, 3.05) is 13.1 Å². The number of nitro groups is 1. The summed E-state index contributed by atoms with van der Waals surface area (Å²) in [5.74, 6) is 0.0142. The van der Waals surface area contributed by atoms with Crippen molar-refractivity contribution < 1.29 is 18.4 Å². The monoisotopic (exact) mass is 457 g/mol. The Hall–Kier alpha value is -2.04. The van der Waals surface area contributed by atoms with Gasteiger partial charge in [0, 0.05) is 31.3 Å². The number of sulfonamides is 1. The van der Waals surface area contributed by atoms with Crippen LogP contribution in [-0.2, 0) is 16.4 Å². The van der Waals surface area contributed by atoms with E-state index in [0.717, 1.165) is 17.7 Å². The summed E-state index contributed by atoms with van der Waals surface area (Å²) in [5, 5.41) is 21.4. The van der Waals surface area contributed by atoms with E-state index in [1.54, 1.807) is 0 Å². The highest BCUT2D eigenvalue weighted by Crippen LogP contribution is 2.21. The summed E-state index contributed by atoms with van der Waals surface area (Å²) in [4.78, 5) is 10.2. The van der Waals surface area contributed by atoms with Crippen LogP contribution in [-0.4, -0.2) is 48.0 Å². The first-order valence-electron chi connectivity index (χ1n) is 9.33. The minimum Gasteiger partial charge on any atom is -0.390 e. The molecular formula is C20H28ClN3O5S. The zero-order valence-electron chi connectivity index (χ0n) is 16.9. The molecule has 10 heteroatoms. The lowest BCUT2D eigenvalue weighted by Gasteiger charge is -2.28. The van der Waals surface area contributed by atoms with Gasteiger partial charge in [-0.1, -0.05) is 44.2 Å². The zero-order valence-corrected chi connectivity index (χ0v) is 18.6. The molecule has 2 aromatic rings. The number of hydrogen-bond donors (Lipinski definition) is 2. The molecule has 0 spiro atoms. The fourth-order valence-corrected chi connectivity index (χ4v) is 4.55. The van der Waals surface area contributed by atoms with Gasteiger partial charge in [0.05, 0.1) is 15.9 Å². The van der Waals surface area contributed by atoms with Crippen LogP contribution in [0.3, 0.4) is 0 Å². The molecule has 0 saturated carbocycles. The average molecular weight is 458 g/mol. The predicted octanol–water partition coefficient (Wildman–Crippen LogP) is 2.59. The van der Waals surface area contributed by atoms with E-state index >= 15 is 0 Å². The molecule has 0 saturated heterocycles. The molecule has 0 amide bonds. The van der Waals surface area contributed by atoms with Gasteiger partial charge >= 0.3 is 0 Å². The quantitative estimate of drug-likeness (QED) is 0.417. The van der Waals surface area contributed by atoms with Gasteiger partial charge in [0.25, 0.3) is 5.69 Å². The molecule has 0 radical (unpaired) electrons. The van der Waals surface area contributed by atoms with Crippen molar-refractivity contribution in [1.29, 1.82) is 0 Å². The Morgan fingerprint density at radius 2 is 1.63 bits per heavy atom. The topological polar surface area (TPSA) is 127 Å². The Labute approximate surface area is 183 Å². The van der Waals surface area contributed by atoms with E-state index in [0.29, 0.717) is 6.42 Å². The molecule has 0 aliphatic carbocycles. The second kappa shape index (κ2) is 11.4. The number of rotatable bonds is 10. The Morgan fingerprint density at radius 3 is 2.13 bits per heavy atom. The van der Waals surface area contributed by atoms with Crippen LogP contribution in [0.1, 0.15) is 19.4 Å². The summed E-state index contributed by atoms with van der Waals surface area (Å²) in [6.45, 7) is 3.77. The van der Waals surface area contributed by atoms with E-state index in [9.17, 15) is 23.6 Å². The molecule has 2 atom stereocenters. The molecule has 30 heavy (non-hydrogen) atoms. The average Bonchev–Trinajstić information content (AvgIpc) is 2.67. The minimum absolute atomic E-state index is 0. The van der Waals surface area contributed by atoms with Gasteiger partial charge in [-0.05, 0) is 30.0 Å². The van der Waals surface area contributed by atoms with Gasteiger partial charge in [-0.25, -0.2) is 8.42 Å². The Kier molecular flexibility index (Phi) is 9.86. The highest BCUT2D eigenvalue weighted by atomic mass is 35.5. The van der Waals surface area contributed by atoms with Crippen molar-refractivity contribution in [3.8, 4) is 0 Å². The maximum absolute atomic E-state index is 13.1. The zero-order chi connectivity index (χ0) is 21.6. The molecule has 0 heterocycles. The third-order valence-electron chi connectivity index (χ3n) is 4.45. The summed E-state index contributed by atoms with van der Waals surface area (Å²) in [6, 6.07) is 13.5.